The van der Waals surface area contributed by atoms with Crippen molar-refractivity contribution in [2.24, 2.45) is 0 Å². The second-order valence-corrected chi connectivity index (χ2v) is 4.39. The van der Waals surface area contributed by atoms with Gasteiger partial charge in [0.05, 0.1) is 6.54 Å². The Morgan fingerprint density at radius 3 is 2.83 bits per heavy atom. The minimum absolute atomic E-state index is 0.360. The molecule has 0 saturated carbocycles. The molecule has 0 aliphatic rings. The van der Waals surface area contributed by atoms with Crippen molar-refractivity contribution >= 4 is 5.69 Å². The van der Waals surface area contributed by atoms with Crippen molar-refractivity contribution in [1.82, 2.24) is 9.55 Å². The number of nitrogens with zero attached hydrogens (tertiary/aromatic N) is 2. The van der Waals surface area contributed by atoms with Crippen LogP contribution in [0.1, 0.15) is 23.9 Å². The number of hydrogen-bond acceptors (Lipinski definition) is 3. The number of aromatic nitrogens is 2. The summed E-state index contributed by atoms with van der Waals surface area (Å²) in [6.07, 6.45) is 3.77. The average Bonchev–Trinajstić information content (AvgIpc) is 2.82. The first-order chi connectivity index (χ1) is 8.63. The van der Waals surface area contributed by atoms with E-state index in [4.69, 9.17) is 0 Å². The van der Waals surface area contributed by atoms with Crippen molar-refractivity contribution in [3.8, 4) is 5.75 Å². The van der Waals surface area contributed by atoms with Crippen LogP contribution in [0.2, 0.25) is 0 Å². The van der Waals surface area contributed by atoms with Gasteiger partial charge in [-0.1, -0.05) is 6.07 Å². The lowest BCUT2D eigenvalue weighted by atomic mass is 10.1. The van der Waals surface area contributed by atoms with Gasteiger partial charge in [0.15, 0.2) is 0 Å². The molecule has 1 heterocycles. The van der Waals surface area contributed by atoms with Gasteiger partial charge in [0, 0.05) is 30.2 Å². The molecule has 4 heteroatoms. The Morgan fingerprint density at radius 2 is 2.11 bits per heavy atom. The van der Waals surface area contributed by atoms with Gasteiger partial charge < -0.3 is 15.0 Å². The molecule has 0 aliphatic heterocycles. The minimum Gasteiger partial charge on any atom is -0.507 e. The fraction of sp³-hybridized carbons (Fsp3) is 0.357. The number of aryl methyl sites for hydroxylation is 2. The molecular formula is C14H19N3O. The summed E-state index contributed by atoms with van der Waals surface area (Å²) in [7, 11) is 0. The number of rotatable bonds is 4. The molecule has 0 radical (unpaired) electrons. The molecule has 0 fully saturated rings. The fourth-order valence-corrected chi connectivity index (χ4v) is 2.00. The highest BCUT2D eigenvalue weighted by Gasteiger charge is 2.07. The van der Waals surface area contributed by atoms with E-state index in [0.29, 0.717) is 12.3 Å². The minimum atomic E-state index is 0.360. The molecule has 0 bridgehead atoms. The zero-order valence-corrected chi connectivity index (χ0v) is 11.1. The number of benzene rings is 1. The van der Waals surface area contributed by atoms with Gasteiger partial charge in [0.1, 0.15) is 11.6 Å². The van der Waals surface area contributed by atoms with Crippen LogP contribution in [0.15, 0.2) is 24.5 Å². The van der Waals surface area contributed by atoms with E-state index in [0.717, 1.165) is 29.2 Å². The van der Waals surface area contributed by atoms with Gasteiger partial charge in [0.25, 0.3) is 0 Å². The highest BCUT2D eigenvalue weighted by Crippen LogP contribution is 2.28. The third-order valence-electron chi connectivity index (χ3n) is 3.21. The van der Waals surface area contributed by atoms with E-state index in [1.165, 1.54) is 0 Å². The molecule has 0 spiro atoms. The van der Waals surface area contributed by atoms with E-state index in [1.807, 2.05) is 32.2 Å². The summed E-state index contributed by atoms with van der Waals surface area (Å²) >= 11 is 0. The number of nitrogens with one attached hydrogen (secondary N) is 1. The number of phenols is 1. The van der Waals surface area contributed by atoms with Crippen LogP contribution in [-0.2, 0) is 13.1 Å². The summed E-state index contributed by atoms with van der Waals surface area (Å²) in [4.78, 5) is 4.31. The van der Waals surface area contributed by atoms with Crippen LogP contribution < -0.4 is 5.32 Å². The van der Waals surface area contributed by atoms with Crippen molar-refractivity contribution in [2.75, 3.05) is 5.32 Å². The van der Waals surface area contributed by atoms with Gasteiger partial charge >= 0.3 is 0 Å². The van der Waals surface area contributed by atoms with Crippen molar-refractivity contribution < 1.29 is 5.11 Å². The van der Waals surface area contributed by atoms with Crippen molar-refractivity contribution in [2.45, 2.75) is 33.9 Å². The number of hydrogen-bond donors (Lipinski definition) is 2. The van der Waals surface area contributed by atoms with E-state index < -0.39 is 0 Å². The topological polar surface area (TPSA) is 50.1 Å². The Labute approximate surface area is 107 Å². The van der Waals surface area contributed by atoms with Gasteiger partial charge in [-0.15, -0.1) is 0 Å². The zero-order chi connectivity index (χ0) is 13.1. The molecule has 0 amide bonds. The maximum absolute atomic E-state index is 9.88. The van der Waals surface area contributed by atoms with Gasteiger partial charge in [-0.3, -0.25) is 0 Å². The first kappa shape index (κ1) is 12.5. The van der Waals surface area contributed by atoms with Crippen LogP contribution in [0, 0.1) is 13.8 Å². The predicted molar refractivity (Wildman–Crippen MR) is 72.8 cm³/mol. The quantitative estimate of drug-likeness (QED) is 0.870. The standard InChI is InChI=1S/C14H19N3O/c1-4-17-8-7-15-13(17)9-16-12-6-5-10(2)14(18)11(12)3/h5-8,16,18H,4,9H2,1-3H3. The lowest BCUT2D eigenvalue weighted by molar-refractivity contribution is 0.467. The third kappa shape index (κ3) is 2.32. The van der Waals surface area contributed by atoms with E-state index in [-0.39, 0.29) is 0 Å². The number of phenolic OH excluding ortho intramolecular Hbond substituents is 1. The van der Waals surface area contributed by atoms with E-state index >= 15 is 0 Å². The molecule has 1 aromatic heterocycles. The van der Waals surface area contributed by atoms with Crippen LogP contribution in [0.3, 0.4) is 0 Å². The number of anilines is 1. The van der Waals surface area contributed by atoms with Gasteiger partial charge in [-0.05, 0) is 32.4 Å². The number of aromatic hydroxyl groups is 1. The van der Waals surface area contributed by atoms with E-state index in [9.17, 15) is 5.11 Å². The van der Waals surface area contributed by atoms with Gasteiger partial charge in [-0.25, -0.2) is 4.98 Å². The molecule has 1 aromatic carbocycles. The van der Waals surface area contributed by atoms with Crippen LogP contribution in [0.5, 0.6) is 5.75 Å². The van der Waals surface area contributed by atoms with Crippen LogP contribution in [-0.4, -0.2) is 14.7 Å². The summed E-state index contributed by atoms with van der Waals surface area (Å²) < 4.78 is 2.09. The average molecular weight is 245 g/mol. The number of imidazole rings is 1. The molecule has 18 heavy (non-hydrogen) atoms. The third-order valence-corrected chi connectivity index (χ3v) is 3.21. The molecule has 0 aliphatic carbocycles. The Hall–Kier alpha value is -1.97. The molecule has 2 rings (SSSR count). The molecule has 2 N–H and O–H groups in total. The van der Waals surface area contributed by atoms with Gasteiger partial charge in [-0.2, -0.15) is 0 Å². The van der Waals surface area contributed by atoms with Crippen molar-refractivity contribution in [3.05, 3.63) is 41.5 Å². The predicted octanol–water partition coefficient (Wildman–Crippen LogP) is 2.84. The zero-order valence-electron chi connectivity index (χ0n) is 11.1. The summed E-state index contributed by atoms with van der Waals surface area (Å²) in [6.45, 7) is 7.47. The summed E-state index contributed by atoms with van der Waals surface area (Å²) in [5.41, 5.74) is 2.72. The summed E-state index contributed by atoms with van der Waals surface area (Å²) in [6, 6.07) is 3.90. The molecular weight excluding hydrogens is 226 g/mol. The SMILES string of the molecule is CCn1ccnc1CNc1ccc(C)c(O)c1C. The smallest absolute Gasteiger partial charge is 0.128 e. The molecule has 2 aromatic rings. The normalized spacial score (nSPS) is 10.6. The Morgan fingerprint density at radius 1 is 1.33 bits per heavy atom. The summed E-state index contributed by atoms with van der Waals surface area (Å²) in [5, 5.41) is 13.2. The first-order valence-electron chi connectivity index (χ1n) is 6.16. The fourth-order valence-electron chi connectivity index (χ4n) is 2.00. The second-order valence-electron chi connectivity index (χ2n) is 4.39. The second kappa shape index (κ2) is 5.12. The largest absolute Gasteiger partial charge is 0.507 e. The van der Waals surface area contributed by atoms with Gasteiger partial charge in [0.2, 0.25) is 0 Å². The van der Waals surface area contributed by atoms with Crippen molar-refractivity contribution in [1.29, 1.82) is 0 Å². The highest BCUT2D eigenvalue weighted by molar-refractivity contribution is 5.58. The molecule has 0 atom stereocenters. The lowest BCUT2D eigenvalue weighted by Gasteiger charge is -2.12. The Balaban J connectivity index is 2.14. The van der Waals surface area contributed by atoms with Crippen LogP contribution in [0.4, 0.5) is 5.69 Å². The van der Waals surface area contributed by atoms with E-state index in [2.05, 4.69) is 21.8 Å². The van der Waals surface area contributed by atoms with Crippen LogP contribution >= 0.6 is 0 Å². The molecule has 0 unspecified atom stereocenters. The Bertz CT molecular complexity index is 546. The Kier molecular flexibility index (Phi) is 3.55. The lowest BCUT2D eigenvalue weighted by Crippen LogP contribution is -2.08. The van der Waals surface area contributed by atoms with Crippen molar-refractivity contribution in [3.63, 3.8) is 0 Å². The molecule has 0 saturated heterocycles. The first-order valence-corrected chi connectivity index (χ1v) is 6.16. The maximum Gasteiger partial charge on any atom is 0.128 e. The molecule has 96 valence electrons. The molecule has 4 nitrogen and oxygen atoms in total. The highest BCUT2D eigenvalue weighted by atomic mass is 16.3. The monoisotopic (exact) mass is 245 g/mol. The van der Waals surface area contributed by atoms with E-state index in [1.54, 1.807) is 6.20 Å². The summed E-state index contributed by atoms with van der Waals surface area (Å²) in [5.74, 6) is 1.36. The van der Waals surface area contributed by atoms with Crippen LogP contribution in [0.25, 0.3) is 0 Å². The maximum atomic E-state index is 9.88.